The minimum atomic E-state index is 1.12. The first-order chi connectivity index (χ1) is 6.47. The van der Waals surface area contributed by atoms with E-state index in [0.717, 1.165) is 5.75 Å². The van der Waals surface area contributed by atoms with E-state index in [1.54, 1.807) is 0 Å². The predicted molar refractivity (Wildman–Crippen MR) is 61.2 cm³/mol. The summed E-state index contributed by atoms with van der Waals surface area (Å²) in [5.74, 6) is 1.12. The minimum Gasteiger partial charge on any atom is -0.0841 e. The van der Waals surface area contributed by atoms with E-state index in [-0.39, 0.29) is 0 Å². The maximum atomic E-state index is 2.20. The molecule has 1 aliphatic rings. The molecular formula is C11H10S2. The van der Waals surface area contributed by atoms with E-state index in [2.05, 4.69) is 36.4 Å². The van der Waals surface area contributed by atoms with Crippen LogP contribution in [0.4, 0.5) is 0 Å². The molecule has 0 radical (unpaired) electrons. The summed E-state index contributed by atoms with van der Waals surface area (Å²) in [5, 5.41) is 0. The highest BCUT2D eigenvalue weighted by atomic mass is 33.1. The molecule has 1 aromatic carbocycles. The van der Waals surface area contributed by atoms with Crippen LogP contribution in [-0.4, -0.2) is 0 Å². The topological polar surface area (TPSA) is 0 Å². The van der Waals surface area contributed by atoms with Gasteiger partial charge in [0.2, 0.25) is 0 Å². The van der Waals surface area contributed by atoms with Gasteiger partial charge >= 0.3 is 0 Å². The molecule has 66 valence electrons. The minimum absolute atomic E-state index is 1.12. The summed E-state index contributed by atoms with van der Waals surface area (Å²) in [5.41, 5.74) is 1.44. The highest BCUT2D eigenvalue weighted by Gasteiger charge is 2.07. The van der Waals surface area contributed by atoms with E-state index in [0.29, 0.717) is 0 Å². The van der Waals surface area contributed by atoms with E-state index >= 15 is 0 Å². The predicted octanol–water partition coefficient (Wildman–Crippen LogP) is 4.06. The molecule has 0 atom stereocenters. The third-order valence-electron chi connectivity index (χ3n) is 1.78. The van der Waals surface area contributed by atoms with Crippen molar-refractivity contribution in [3.63, 3.8) is 0 Å². The van der Waals surface area contributed by atoms with Crippen molar-refractivity contribution < 1.29 is 0 Å². The van der Waals surface area contributed by atoms with Gasteiger partial charge in [-0.05, 0) is 11.6 Å². The SMILES string of the molecule is c1ccccc2c(ccc1)CSS2. The maximum absolute atomic E-state index is 2.20. The van der Waals surface area contributed by atoms with Gasteiger partial charge in [0.15, 0.2) is 0 Å². The quantitative estimate of drug-likeness (QED) is 0.587. The van der Waals surface area contributed by atoms with E-state index in [9.17, 15) is 0 Å². The molecule has 0 N–H and O–H groups in total. The van der Waals surface area contributed by atoms with Crippen LogP contribution in [0, 0.1) is 0 Å². The molecule has 2 heteroatoms. The lowest BCUT2D eigenvalue weighted by Gasteiger charge is -1.87. The van der Waals surface area contributed by atoms with Crippen LogP contribution in [0.1, 0.15) is 5.56 Å². The van der Waals surface area contributed by atoms with Crippen LogP contribution < -0.4 is 0 Å². The highest BCUT2D eigenvalue weighted by Crippen LogP contribution is 2.42. The molecule has 0 amide bonds. The van der Waals surface area contributed by atoms with Crippen LogP contribution in [0.15, 0.2) is 53.4 Å². The Balaban J connectivity index is 2.52. The summed E-state index contributed by atoms with van der Waals surface area (Å²) in [7, 11) is 3.77. The van der Waals surface area contributed by atoms with E-state index in [4.69, 9.17) is 0 Å². The van der Waals surface area contributed by atoms with Gasteiger partial charge in [0.05, 0.1) is 0 Å². The Hall–Kier alpha value is -0.600. The molecule has 0 fully saturated rings. The van der Waals surface area contributed by atoms with Crippen molar-refractivity contribution in [2.75, 3.05) is 0 Å². The van der Waals surface area contributed by atoms with E-state index in [1.807, 2.05) is 33.7 Å². The lowest BCUT2D eigenvalue weighted by Crippen LogP contribution is -1.70. The molecule has 1 aliphatic heterocycles. The largest absolute Gasteiger partial charge is 0.0841 e. The molecule has 0 bridgehead atoms. The van der Waals surface area contributed by atoms with Crippen molar-refractivity contribution >= 4 is 21.6 Å². The molecule has 0 saturated carbocycles. The fraction of sp³-hybridized carbons (Fsp3) is 0.0909. The molecule has 0 spiro atoms. The third kappa shape index (κ3) is 2.42. The zero-order valence-corrected chi connectivity index (χ0v) is 8.78. The average molecular weight is 206 g/mol. The molecule has 13 heavy (non-hydrogen) atoms. The van der Waals surface area contributed by atoms with E-state index in [1.165, 1.54) is 10.5 Å². The zero-order chi connectivity index (χ0) is 8.93. The van der Waals surface area contributed by atoms with Crippen LogP contribution in [0.5, 0.6) is 0 Å². The molecule has 0 aromatic heterocycles. The fourth-order valence-corrected chi connectivity index (χ4v) is 3.58. The molecule has 0 unspecified atom stereocenters. The van der Waals surface area contributed by atoms with Crippen LogP contribution in [0.25, 0.3) is 0 Å². The van der Waals surface area contributed by atoms with Gasteiger partial charge in [-0.3, -0.25) is 0 Å². The number of rotatable bonds is 0. The van der Waals surface area contributed by atoms with Crippen LogP contribution in [0.2, 0.25) is 0 Å². The Morgan fingerprint density at radius 3 is 2.38 bits per heavy atom. The van der Waals surface area contributed by atoms with Crippen molar-refractivity contribution in [1.29, 1.82) is 0 Å². The Kier molecular flexibility index (Phi) is 3.16. The summed E-state index contributed by atoms with van der Waals surface area (Å²) < 4.78 is 0. The molecule has 0 nitrogen and oxygen atoms in total. The van der Waals surface area contributed by atoms with E-state index < -0.39 is 0 Å². The average Bonchev–Trinajstić information content (AvgIpc) is 2.59. The Labute approximate surface area is 86.5 Å². The van der Waals surface area contributed by atoms with Crippen molar-refractivity contribution in [2.24, 2.45) is 0 Å². The van der Waals surface area contributed by atoms with Gasteiger partial charge in [0.25, 0.3) is 0 Å². The third-order valence-corrected chi connectivity index (χ3v) is 4.15. The first-order valence-electron chi connectivity index (χ1n) is 4.17. The summed E-state index contributed by atoms with van der Waals surface area (Å²) >= 11 is 0. The van der Waals surface area contributed by atoms with Crippen LogP contribution in [-0.2, 0) is 5.75 Å². The van der Waals surface area contributed by atoms with Crippen molar-refractivity contribution in [2.45, 2.75) is 10.6 Å². The van der Waals surface area contributed by atoms with Crippen molar-refractivity contribution in [1.82, 2.24) is 0 Å². The summed E-state index contributed by atoms with van der Waals surface area (Å²) in [4.78, 5) is 1.39. The van der Waals surface area contributed by atoms with Crippen LogP contribution >= 0.6 is 21.6 Å². The number of hydrogen-bond acceptors (Lipinski definition) is 2. The van der Waals surface area contributed by atoms with Gasteiger partial charge in [0.1, 0.15) is 0 Å². The van der Waals surface area contributed by atoms with Crippen molar-refractivity contribution in [3.05, 3.63) is 54.1 Å². The molecule has 2 rings (SSSR count). The first kappa shape index (κ1) is 8.97. The second-order valence-electron chi connectivity index (χ2n) is 2.72. The summed E-state index contributed by atoms with van der Waals surface area (Å²) in [6.07, 6.45) is 0. The Bertz CT molecular complexity index is 312. The molecule has 1 aromatic rings. The summed E-state index contributed by atoms with van der Waals surface area (Å²) in [6.45, 7) is 0. The first-order valence-corrected chi connectivity index (χ1v) is 6.49. The normalized spacial score (nSPS) is 13.2. The van der Waals surface area contributed by atoms with Gasteiger partial charge in [-0.2, -0.15) is 0 Å². The van der Waals surface area contributed by atoms with Crippen molar-refractivity contribution in [3.8, 4) is 0 Å². The maximum Gasteiger partial charge on any atom is 0.0303 e. The standard InChI is InChI=1S/C11H10S2/c1-2-4-6-8-11-10(7-5-3-1)9-12-13-11/h1-8H,9H2. The molecule has 0 aliphatic carbocycles. The van der Waals surface area contributed by atoms with Gasteiger partial charge in [0, 0.05) is 10.6 Å². The zero-order valence-electron chi connectivity index (χ0n) is 7.14. The fourth-order valence-electron chi connectivity index (χ4n) is 1.12. The second-order valence-corrected chi connectivity index (χ2v) is 5.06. The van der Waals surface area contributed by atoms with Gasteiger partial charge in [-0.15, -0.1) is 0 Å². The lowest BCUT2D eigenvalue weighted by molar-refractivity contribution is 1.31. The monoisotopic (exact) mass is 206 g/mol. The smallest absolute Gasteiger partial charge is 0.0303 e. The molecule has 0 saturated heterocycles. The number of hydrogen-bond donors (Lipinski definition) is 0. The highest BCUT2D eigenvalue weighted by molar-refractivity contribution is 8.76. The molecule has 1 heterocycles. The van der Waals surface area contributed by atoms with Gasteiger partial charge in [-0.1, -0.05) is 64.1 Å². The van der Waals surface area contributed by atoms with Crippen LogP contribution in [0.3, 0.4) is 0 Å². The summed E-state index contributed by atoms with van der Waals surface area (Å²) in [6, 6.07) is 16.8. The van der Waals surface area contributed by atoms with Gasteiger partial charge < -0.3 is 0 Å². The lowest BCUT2D eigenvalue weighted by atomic mass is 10.3. The van der Waals surface area contributed by atoms with Gasteiger partial charge in [-0.25, -0.2) is 0 Å². The second kappa shape index (κ2) is 4.58. The Morgan fingerprint density at radius 1 is 0.846 bits per heavy atom. The number of fused-ring (bicyclic) bond motifs is 1. The molecular weight excluding hydrogens is 196 g/mol. The Morgan fingerprint density at radius 2 is 1.54 bits per heavy atom.